The van der Waals surface area contributed by atoms with E-state index in [0.29, 0.717) is 26.7 Å². The highest BCUT2D eigenvalue weighted by Gasteiger charge is 2.12. The Labute approximate surface area is 161 Å². The molecule has 0 atom stereocenters. The Hall–Kier alpha value is -3.38. The molecule has 3 aromatic rings. The van der Waals surface area contributed by atoms with E-state index in [1.165, 1.54) is 13.3 Å². The molecule has 1 heterocycles. The lowest BCUT2D eigenvalue weighted by Gasteiger charge is -2.12. The minimum atomic E-state index is -0.670. The summed E-state index contributed by atoms with van der Waals surface area (Å²) in [6.07, 6.45) is 1.30. The predicted molar refractivity (Wildman–Crippen MR) is 104 cm³/mol. The normalized spacial score (nSPS) is 10.9. The van der Waals surface area contributed by atoms with Crippen LogP contribution in [0.25, 0.3) is 10.9 Å². The third-order valence-electron chi connectivity index (χ3n) is 3.65. The molecule has 0 amide bonds. The van der Waals surface area contributed by atoms with Crippen LogP contribution in [0.2, 0.25) is 0 Å². The highest BCUT2D eigenvalue weighted by atomic mass is 79.9. The highest BCUT2D eigenvalue weighted by Crippen LogP contribution is 2.34. The second kappa shape index (κ2) is 7.88. The van der Waals surface area contributed by atoms with E-state index in [2.05, 4.69) is 26.0 Å². The molecule has 0 radical (unpaired) electrons. The van der Waals surface area contributed by atoms with Gasteiger partial charge in [0.2, 0.25) is 0 Å². The number of rotatable bonds is 5. The summed E-state index contributed by atoms with van der Waals surface area (Å²) < 4.78 is 12.1. The Morgan fingerprint density at radius 1 is 1.33 bits per heavy atom. The first-order valence-corrected chi connectivity index (χ1v) is 8.50. The van der Waals surface area contributed by atoms with Crippen LogP contribution in [-0.4, -0.2) is 29.6 Å². The van der Waals surface area contributed by atoms with Gasteiger partial charge in [-0.1, -0.05) is 28.1 Å². The first kappa shape index (κ1) is 18.4. The van der Waals surface area contributed by atoms with Gasteiger partial charge >= 0.3 is 5.69 Å². The van der Waals surface area contributed by atoms with Crippen molar-refractivity contribution in [3.05, 3.63) is 67.3 Å². The Bertz CT molecular complexity index is 1190. The van der Waals surface area contributed by atoms with Gasteiger partial charge in [-0.15, -0.1) is 4.68 Å². The Morgan fingerprint density at radius 3 is 2.85 bits per heavy atom. The molecule has 136 valence electrons. The van der Waals surface area contributed by atoms with Crippen molar-refractivity contribution in [1.82, 2.24) is 9.66 Å². The van der Waals surface area contributed by atoms with Crippen molar-refractivity contribution in [2.75, 3.05) is 13.7 Å². The SMILES string of the molecule is COc1cc(Br)cc(C=Nn2c(=O)[nH]c3ccccc3c2=O)c1OCC#N. The molecule has 0 saturated carbocycles. The summed E-state index contributed by atoms with van der Waals surface area (Å²) in [5.74, 6) is 0.650. The number of halogens is 1. The molecule has 3 rings (SSSR count). The molecular formula is C18H13BrN4O4. The van der Waals surface area contributed by atoms with Crippen molar-refractivity contribution >= 4 is 33.0 Å². The first-order chi connectivity index (χ1) is 13.0. The fourth-order valence-corrected chi connectivity index (χ4v) is 2.93. The summed E-state index contributed by atoms with van der Waals surface area (Å²) in [4.78, 5) is 27.3. The summed E-state index contributed by atoms with van der Waals surface area (Å²) in [7, 11) is 1.46. The lowest BCUT2D eigenvalue weighted by atomic mass is 10.2. The number of aromatic amines is 1. The van der Waals surface area contributed by atoms with Gasteiger partial charge in [0.1, 0.15) is 6.07 Å². The van der Waals surface area contributed by atoms with E-state index in [0.717, 1.165) is 4.68 Å². The topological polar surface area (TPSA) is 109 Å². The van der Waals surface area contributed by atoms with Crippen molar-refractivity contribution < 1.29 is 9.47 Å². The Morgan fingerprint density at radius 2 is 2.11 bits per heavy atom. The number of nitrogens with one attached hydrogen (secondary N) is 1. The van der Waals surface area contributed by atoms with Crippen LogP contribution in [0, 0.1) is 11.3 Å². The smallest absolute Gasteiger partial charge is 0.349 e. The van der Waals surface area contributed by atoms with Crippen molar-refractivity contribution in [3.63, 3.8) is 0 Å². The number of hydrogen-bond donors (Lipinski definition) is 1. The van der Waals surface area contributed by atoms with Crippen LogP contribution in [0.15, 0.2) is 55.6 Å². The standard InChI is InChI=1S/C18H13BrN4O4/c1-26-15-9-12(19)8-11(16(15)27-7-6-20)10-21-23-17(24)13-4-2-3-5-14(13)22-18(23)25/h2-5,8-10H,7H2,1H3,(H,22,25). The molecule has 0 aliphatic heterocycles. The van der Waals surface area contributed by atoms with E-state index in [4.69, 9.17) is 14.7 Å². The summed E-state index contributed by atoms with van der Waals surface area (Å²) in [6.45, 7) is -0.199. The quantitative estimate of drug-likeness (QED) is 0.626. The number of fused-ring (bicyclic) bond motifs is 1. The van der Waals surface area contributed by atoms with E-state index in [1.807, 2.05) is 6.07 Å². The first-order valence-electron chi connectivity index (χ1n) is 7.71. The van der Waals surface area contributed by atoms with Crippen LogP contribution in [-0.2, 0) is 0 Å². The minimum Gasteiger partial charge on any atom is -0.493 e. The molecule has 27 heavy (non-hydrogen) atoms. The Balaban J connectivity index is 2.13. The molecule has 0 unspecified atom stereocenters. The average molecular weight is 429 g/mol. The van der Waals surface area contributed by atoms with Crippen molar-refractivity contribution in [1.29, 1.82) is 5.26 Å². The number of ether oxygens (including phenoxy) is 2. The zero-order valence-electron chi connectivity index (χ0n) is 14.1. The summed E-state index contributed by atoms with van der Waals surface area (Å²) in [5, 5.41) is 13.1. The second-order valence-corrected chi connectivity index (χ2v) is 6.23. The third-order valence-corrected chi connectivity index (χ3v) is 4.10. The molecule has 1 aromatic heterocycles. The minimum absolute atomic E-state index is 0.199. The molecule has 0 bridgehead atoms. The maximum absolute atomic E-state index is 12.5. The van der Waals surface area contributed by atoms with Gasteiger partial charge in [0.25, 0.3) is 5.56 Å². The number of hydrogen-bond acceptors (Lipinski definition) is 6. The van der Waals surface area contributed by atoms with E-state index >= 15 is 0 Å². The fourth-order valence-electron chi connectivity index (χ4n) is 2.47. The third kappa shape index (κ3) is 3.75. The number of benzene rings is 2. The molecule has 0 aliphatic rings. The number of methoxy groups -OCH3 is 1. The molecular weight excluding hydrogens is 416 g/mol. The summed E-state index contributed by atoms with van der Waals surface area (Å²) in [6, 6.07) is 11.9. The lowest BCUT2D eigenvalue weighted by Crippen LogP contribution is -2.32. The van der Waals surface area contributed by atoms with E-state index in [1.54, 1.807) is 36.4 Å². The molecule has 0 fully saturated rings. The van der Waals surface area contributed by atoms with Gasteiger partial charge in [-0.2, -0.15) is 10.4 Å². The molecule has 0 aliphatic carbocycles. The molecule has 0 spiro atoms. The maximum Gasteiger partial charge on any atom is 0.349 e. The van der Waals surface area contributed by atoms with E-state index in [9.17, 15) is 9.59 Å². The van der Waals surface area contributed by atoms with Gasteiger partial charge in [0.15, 0.2) is 18.1 Å². The van der Waals surface area contributed by atoms with Crippen LogP contribution in [0.4, 0.5) is 0 Å². The second-order valence-electron chi connectivity index (χ2n) is 5.31. The van der Waals surface area contributed by atoms with E-state index < -0.39 is 11.2 Å². The molecule has 1 N–H and O–H groups in total. The zero-order valence-corrected chi connectivity index (χ0v) is 15.7. The maximum atomic E-state index is 12.5. The van der Waals surface area contributed by atoms with Crippen LogP contribution in [0.5, 0.6) is 11.5 Å². The van der Waals surface area contributed by atoms with Gasteiger partial charge in [-0.3, -0.25) is 4.79 Å². The number of para-hydroxylation sites is 1. The van der Waals surface area contributed by atoms with Crippen LogP contribution < -0.4 is 20.7 Å². The number of H-pyrrole nitrogens is 1. The van der Waals surface area contributed by atoms with Gasteiger partial charge < -0.3 is 14.5 Å². The predicted octanol–water partition coefficient (Wildman–Crippen LogP) is 2.25. The average Bonchev–Trinajstić information content (AvgIpc) is 2.66. The van der Waals surface area contributed by atoms with Crippen LogP contribution in [0.1, 0.15) is 5.56 Å². The number of nitriles is 1. The van der Waals surface area contributed by atoms with Crippen molar-refractivity contribution in [2.24, 2.45) is 5.10 Å². The Kier molecular flexibility index (Phi) is 5.38. The van der Waals surface area contributed by atoms with Crippen LogP contribution in [0.3, 0.4) is 0 Å². The van der Waals surface area contributed by atoms with Gasteiger partial charge in [0.05, 0.1) is 24.2 Å². The largest absolute Gasteiger partial charge is 0.493 e. The summed E-state index contributed by atoms with van der Waals surface area (Å²) >= 11 is 3.35. The van der Waals surface area contributed by atoms with Gasteiger partial charge in [-0.05, 0) is 24.3 Å². The van der Waals surface area contributed by atoms with Crippen molar-refractivity contribution in [2.45, 2.75) is 0 Å². The van der Waals surface area contributed by atoms with Crippen molar-refractivity contribution in [3.8, 4) is 17.6 Å². The molecule has 9 heteroatoms. The lowest BCUT2D eigenvalue weighted by molar-refractivity contribution is 0.329. The zero-order chi connectivity index (χ0) is 19.4. The molecule has 8 nitrogen and oxygen atoms in total. The highest BCUT2D eigenvalue weighted by molar-refractivity contribution is 9.10. The molecule has 0 saturated heterocycles. The van der Waals surface area contributed by atoms with E-state index in [-0.39, 0.29) is 12.4 Å². The summed E-state index contributed by atoms with van der Waals surface area (Å²) in [5.41, 5.74) is -0.361. The monoisotopic (exact) mass is 428 g/mol. The van der Waals surface area contributed by atoms with Gasteiger partial charge in [0, 0.05) is 10.0 Å². The van der Waals surface area contributed by atoms with Crippen LogP contribution >= 0.6 is 15.9 Å². The number of aromatic nitrogens is 2. The molecule has 2 aromatic carbocycles. The van der Waals surface area contributed by atoms with Gasteiger partial charge in [-0.25, -0.2) is 4.79 Å². The number of nitrogens with zero attached hydrogens (tertiary/aromatic N) is 3. The fraction of sp³-hybridized carbons (Fsp3) is 0.111.